The number of benzene rings is 2. The summed E-state index contributed by atoms with van der Waals surface area (Å²) in [4.78, 5) is 12.5. The fourth-order valence-corrected chi connectivity index (χ4v) is 5.91. The van der Waals surface area contributed by atoms with Gasteiger partial charge in [0.1, 0.15) is 5.52 Å². The summed E-state index contributed by atoms with van der Waals surface area (Å²) in [6.45, 7) is 1.44. The normalized spacial score (nSPS) is 15.7. The molecule has 0 unspecified atom stereocenters. The van der Waals surface area contributed by atoms with Crippen LogP contribution in [0.15, 0.2) is 47.5 Å². The molecule has 2 aromatic carbocycles. The minimum Gasteiger partial charge on any atom is -0.379 e. The Morgan fingerprint density at radius 2 is 1.85 bits per heavy atom. The van der Waals surface area contributed by atoms with E-state index in [1.54, 1.807) is 47.1 Å². The van der Waals surface area contributed by atoms with Crippen LogP contribution in [0.25, 0.3) is 39.1 Å². The van der Waals surface area contributed by atoms with Crippen LogP contribution in [0.2, 0.25) is 10.0 Å². The van der Waals surface area contributed by atoms with Gasteiger partial charge < -0.3 is 9.72 Å². The van der Waals surface area contributed by atoms with Gasteiger partial charge in [0.25, 0.3) is 5.78 Å². The number of fused-ring (bicyclic) bond motifs is 4. The highest BCUT2D eigenvalue weighted by Gasteiger charge is 2.27. The van der Waals surface area contributed by atoms with Crippen molar-refractivity contribution in [3.8, 4) is 11.3 Å². The maximum atomic E-state index is 13.1. The summed E-state index contributed by atoms with van der Waals surface area (Å²) in [6.07, 6.45) is 1.73. The summed E-state index contributed by atoms with van der Waals surface area (Å²) in [5, 5.41) is 6.32. The van der Waals surface area contributed by atoms with E-state index in [9.17, 15) is 8.42 Å². The molecule has 6 rings (SSSR count). The van der Waals surface area contributed by atoms with E-state index in [0.29, 0.717) is 69.9 Å². The van der Waals surface area contributed by atoms with E-state index in [4.69, 9.17) is 27.9 Å². The number of imidazole rings is 1. The van der Waals surface area contributed by atoms with Gasteiger partial charge in [0.15, 0.2) is 5.65 Å². The number of nitrogens with one attached hydrogen (secondary N) is 1. The first-order valence-corrected chi connectivity index (χ1v) is 12.3. The molecule has 3 aromatic heterocycles. The van der Waals surface area contributed by atoms with Crippen molar-refractivity contribution in [1.82, 2.24) is 28.9 Å². The van der Waals surface area contributed by atoms with Crippen molar-refractivity contribution in [2.45, 2.75) is 4.90 Å². The van der Waals surface area contributed by atoms with Crippen molar-refractivity contribution in [3.05, 3.63) is 52.6 Å². The summed E-state index contributed by atoms with van der Waals surface area (Å²) >= 11 is 12.3. The number of sulfonamides is 1. The highest BCUT2D eigenvalue weighted by Crippen LogP contribution is 2.31. The van der Waals surface area contributed by atoms with E-state index in [-0.39, 0.29) is 4.90 Å². The quantitative estimate of drug-likeness (QED) is 0.402. The molecule has 1 aliphatic heterocycles. The average Bonchev–Trinajstić information content (AvgIpc) is 3.37. The number of hydrogen-bond acceptors (Lipinski definition) is 6. The van der Waals surface area contributed by atoms with Gasteiger partial charge in [-0.15, -0.1) is 0 Å². The van der Waals surface area contributed by atoms with E-state index in [0.717, 1.165) is 5.52 Å². The van der Waals surface area contributed by atoms with Crippen LogP contribution in [-0.4, -0.2) is 63.6 Å². The Bertz CT molecular complexity index is 1660. The van der Waals surface area contributed by atoms with Crippen LogP contribution in [-0.2, 0) is 14.8 Å². The number of nitrogens with zero attached hydrogens (tertiary/aromatic N) is 5. The lowest BCUT2D eigenvalue weighted by Gasteiger charge is -2.26. The van der Waals surface area contributed by atoms with Crippen LogP contribution in [0.5, 0.6) is 0 Å². The van der Waals surface area contributed by atoms with Crippen LogP contribution in [0.4, 0.5) is 0 Å². The molecule has 0 amide bonds. The van der Waals surface area contributed by atoms with Crippen LogP contribution in [0.1, 0.15) is 0 Å². The smallest absolute Gasteiger partial charge is 0.253 e. The van der Waals surface area contributed by atoms with Crippen molar-refractivity contribution >= 4 is 61.1 Å². The lowest BCUT2D eigenvalue weighted by molar-refractivity contribution is 0.0730. The molecule has 0 bridgehead atoms. The van der Waals surface area contributed by atoms with Gasteiger partial charge in [-0.3, -0.25) is 0 Å². The largest absolute Gasteiger partial charge is 0.379 e. The van der Waals surface area contributed by atoms with Crippen molar-refractivity contribution in [2.75, 3.05) is 26.3 Å². The van der Waals surface area contributed by atoms with Gasteiger partial charge in [-0.1, -0.05) is 23.2 Å². The lowest BCUT2D eigenvalue weighted by Crippen LogP contribution is -2.40. The molecule has 1 saturated heterocycles. The molecule has 1 N–H and O–H groups in total. The lowest BCUT2D eigenvalue weighted by atomic mass is 10.2. The fourth-order valence-electron chi connectivity index (χ4n) is 3.97. The predicted octanol–water partition coefficient (Wildman–Crippen LogP) is 3.75. The fraction of sp³-hybridized carbons (Fsp3) is 0.190. The Labute approximate surface area is 198 Å². The molecule has 0 radical (unpaired) electrons. The van der Waals surface area contributed by atoms with Gasteiger partial charge in [0, 0.05) is 34.6 Å². The van der Waals surface area contributed by atoms with Gasteiger partial charge in [0.2, 0.25) is 10.0 Å². The van der Waals surface area contributed by atoms with E-state index >= 15 is 0 Å². The van der Waals surface area contributed by atoms with Gasteiger partial charge in [-0.25, -0.2) is 17.9 Å². The molecule has 33 heavy (non-hydrogen) atoms. The molecule has 0 spiro atoms. The van der Waals surface area contributed by atoms with Gasteiger partial charge in [-0.2, -0.15) is 14.4 Å². The van der Waals surface area contributed by atoms with Crippen molar-refractivity contribution in [3.63, 3.8) is 0 Å². The van der Waals surface area contributed by atoms with Crippen LogP contribution in [0, 0.1) is 0 Å². The molecule has 0 atom stereocenters. The van der Waals surface area contributed by atoms with Gasteiger partial charge >= 0.3 is 0 Å². The number of aromatic nitrogens is 5. The third-order valence-corrected chi connectivity index (χ3v) is 8.07. The number of aromatic amines is 1. The Kier molecular flexibility index (Phi) is 4.82. The standard InChI is InChI=1S/C21H16Cl2N6O3S/c22-12-1-3-14(16(23)9-12)18-11-29-21(25-18)26-20-19(27-29)15-10-13(2-4-17(15)24-20)33(30,31)28-5-7-32-8-6-28/h1-4,9-11H,5-8H2,(H,24,25,26). The summed E-state index contributed by atoms with van der Waals surface area (Å²) in [6, 6.07) is 10.1. The van der Waals surface area contributed by atoms with Gasteiger partial charge in [0.05, 0.1) is 35.0 Å². The number of hydrogen-bond donors (Lipinski definition) is 1. The predicted molar refractivity (Wildman–Crippen MR) is 125 cm³/mol. The summed E-state index contributed by atoms with van der Waals surface area (Å²) in [5.41, 5.74) is 3.10. The second-order valence-corrected chi connectivity index (χ2v) is 10.4. The molecule has 12 heteroatoms. The molecule has 5 aromatic rings. The zero-order chi connectivity index (χ0) is 22.7. The molecule has 0 saturated carbocycles. The van der Waals surface area contributed by atoms with E-state index < -0.39 is 10.0 Å². The molecule has 1 fully saturated rings. The highest BCUT2D eigenvalue weighted by molar-refractivity contribution is 7.89. The molecule has 0 aliphatic carbocycles. The molecule has 168 valence electrons. The molecular formula is C21H16Cl2N6O3S. The summed E-state index contributed by atoms with van der Waals surface area (Å²) in [7, 11) is -3.64. The minimum atomic E-state index is -3.64. The number of rotatable bonds is 3. The zero-order valence-corrected chi connectivity index (χ0v) is 19.3. The van der Waals surface area contributed by atoms with Crippen LogP contribution in [0.3, 0.4) is 0 Å². The number of ether oxygens (including phenoxy) is 1. The molecule has 4 heterocycles. The Morgan fingerprint density at radius 3 is 2.64 bits per heavy atom. The van der Waals surface area contributed by atoms with E-state index in [2.05, 4.69) is 20.1 Å². The third-order valence-electron chi connectivity index (χ3n) is 5.63. The monoisotopic (exact) mass is 502 g/mol. The Morgan fingerprint density at radius 1 is 1.03 bits per heavy atom. The Hall–Kier alpha value is -2.76. The first-order chi connectivity index (χ1) is 15.9. The average molecular weight is 503 g/mol. The van der Waals surface area contributed by atoms with Crippen molar-refractivity contribution < 1.29 is 13.2 Å². The summed E-state index contributed by atoms with van der Waals surface area (Å²) in [5.74, 6) is 0.385. The molecule has 9 nitrogen and oxygen atoms in total. The van der Waals surface area contributed by atoms with Crippen LogP contribution < -0.4 is 0 Å². The van der Waals surface area contributed by atoms with Gasteiger partial charge in [-0.05, 0) is 36.4 Å². The second kappa shape index (κ2) is 7.64. The number of halogens is 2. The summed E-state index contributed by atoms with van der Waals surface area (Å²) < 4.78 is 34.5. The maximum Gasteiger partial charge on any atom is 0.253 e. The zero-order valence-electron chi connectivity index (χ0n) is 17.0. The highest BCUT2D eigenvalue weighted by atomic mass is 35.5. The SMILES string of the molecule is O=S(=O)(c1ccc2[nH]c3nc4nc(-c5ccc(Cl)cc5Cl)cn4nc3c2c1)N1CCOCC1. The maximum absolute atomic E-state index is 13.1. The topological polar surface area (TPSA) is 105 Å². The first-order valence-electron chi connectivity index (χ1n) is 10.1. The second-order valence-electron chi connectivity index (χ2n) is 7.65. The first kappa shape index (κ1) is 20.8. The third kappa shape index (κ3) is 3.46. The van der Waals surface area contributed by atoms with E-state index in [1.165, 1.54) is 4.31 Å². The van der Waals surface area contributed by atoms with Crippen LogP contribution >= 0.6 is 23.2 Å². The number of morpholine rings is 1. The number of H-pyrrole nitrogens is 1. The van der Waals surface area contributed by atoms with Crippen molar-refractivity contribution in [1.29, 1.82) is 0 Å². The van der Waals surface area contributed by atoms with Crippen molar-refractivity contribution in [2.24, 2.45) is 0 Å². The van der Waals surface area contributed by atoms with E-state index in [1.807, 2.05) is 0 Å². The Balaban J connectivity index is 1.48. The minimum absolute atomic E-state index is 0.207. The molecule has 1 aliphatic rings. The molecular weight excluding hydrogens is 487 g/mol.